The van der Waals surface area contributed by atoms with Crippen molar-refractivity contribution in [3.63, 3.8) is 0 Å². The van der Waals surface area contributed by atoms with E-state index in [1.807, 2.05) is 60.7 Å². The predicted molar refractivity (Wildman–Crippen MR) is 140 cm³/mol. The van der Waals surface area contributed by atoms with Gasteiger partial charge in [0.1, 0.15) is 6.61 Å². The number of carbonyl (C=O) groups excluding carboxylic acids is 1. The molecule has 3 aromatic carbocycles. The van der Waals surface area contributed by atoms with Crippen LogP contribution in [0.4, 0.5) is 17.1 Å². The smallest absolute Gasteiger partial charge is 0.255 e. The molecule has 0 aliphatic rings. The summed E-state index contributed by atoms with van der Waals surface area (Å²) in [4.78, 5) is 15.2. The minimum absolute atomic E-state index is 0.181. The lowest BCUT2D eigenvalue weighted by atomic mass is 10.1. The van der Waals surface area contributed by atoms with E-state index in [4.69, 9.17) is 9.47 Å². The third-order valence-electron chi connectivity index (χ3n) is 5.38. The number of rotatable bonds is 13. The van der Waals surface area contributed by atoms with Crippen molar-refractivity contribution in [2.45, 2.75) is 26.7 Å². The summed E-state index contributed by atoms with van der Waals surface area (Å²) in [6, 6.07) is 22.7. The first-order valence-corrected chi connectivity index (χ1v) is 11.9. The van der Waals surface area contributed by atoms with Crippen LogP contribution in [0.25, 0.3) is 0 Å². The van der Waals surface area contributed by atoms with Gasteiger partial charge in [-0.05, 0) is 74.5 Å². The highest BCUT2D eigenvalue weighted by atomic mass is 16.5. The Hall–Kier alpha value is -3.51. The summed E-state index contributed by atoms with van der Waals surface area (Å²) in [5.41, 5.74) is 3.15. The molecule has 0 aliphatic heterocycles. The summed E-state index contributed by atoms with van der Waals surface area (Å²) in [6.45, 7) is 7.90. The maximum atomic E-state index is 12.8. The molecule has 6 nitrogen and oxygen atoms in total. The number of para-hydroxylation sites is 1. The zero-order valence-corrected chi connectivity index (χ0v) is 20.3. The van der Waals surface area contributed by atoms with Crippen LogP contribution in [0.5, 0.6) is 11.5 Å². The normalized spacial score (nSPS) is 10.7. The number of hydrogen-bond donors (Lipinski definition) is 2. The largest absolute Gasteiger partial charge is 0.493 e. The Labute approximate surface area is 202 Å². The second-order valence-corrected chi connectivity index (χ2v) is 8.08. The van der Waals surface area contributed by atoms with Crippen molar-refractivity contribution in [3.05, 3.63) is 78.4 Å². The lowest BCUT2D eigenvalue weighted by molar-refractivity contribution is 0.102. The Morgan fingerprint density at radius 1 is 0.794 bits per heavy atom. The molecule has 0 saturated carbocycles. The first kappa shape index (κ1) is 25.1. The van der Waals surface area contributed by atoms with Gasteiger partial charge in [0.2, 0.25) is 0 Å². The van der Waals surface area contributed by atoms with Crippen LogP contribution in [0.1, 0.15) is 37.0 Å². The molecule has 0 bridgehead atoms. The Kier molecular flexibility index (Phi) is 9.80. The fourth-order valence-corrected chi connectivity index (χ4v) is 3.72. The lowest BCUT2D eigenvalue weighted by Crippen LogP contribution is -2.30. The predicted octanol–water partition coefficient (Wildman–Crippen LogP) is 6.19. The maximum Gasteiger partial charge on any atom is 0.255 e. The Morgan fingerprint density at radius 3 is 2.09 bits per heavy atom. The van der Waals surface area contributed by atoms with E-state index in [2.05, 4.69) is 29.4 Å². The van der Waals surface area contributed by atoms with E-state index in [0.29, 0.717) is 29.4 Å². The van der Waals surface area contributed by atoms with Crippen molar-refractivity contribution < 1.29 is 14.3 Å². The van der Waals surface area contributed by atoms with Gasteiger partial charge in [0.25, 0.3) is 5.91 Å². The van der Waals surface area contributed by atoms with Gasteiger partial charge in [0, 0.05) is 35.2 Å². The summed E-state index contributed by atoms with van der Waals surface area (Å²) < 4.78 is 11.5. The molecule has 0 saturated heterocycles. The molecule has 3 aromatic rings. The van der Waals surface area contributed by atoms with E-state index in [-0.39, 0.29) is 5.91 Å². The first-order valence-electron chi connectivity index (χ1n) is 11.9. The van der Waals surface area contributed by atoms with Gasteiger partial charge in [0.05, 0.1) is 7.11 Å². The molecule has 0 atom stereocenters. The van der Waals surface area contributed by atoms with Crippen LogP contribution in [-0.4, -0.2) is 44.2 Å². The molecule has 180 valence electrons. The van der Waals surface area contributed by atoms with E-state index in [9.17, 15) is 4.79 Å². The SMILES string of the molecule is CCCN(CCC)CCOc1cc(NC(=O)c2ccc(Nc3ccccc3)cc2)ccc1OC. The van der Waals surface area contributed by atoms with Crippen molar-refractivity contribution in [1.29, 1.82) is 0 Å². The average Bonchev–Trinajstić information content (AvgIpc) is 2.85. The minimum atomic E-state index is -0.181. The van der Waals surface area contributed by atoms with Gasteiger partial charge in [-0.15, -0.1) is 0 Å². The zero-order valence-electron chi connectivity index (χ0n) is 20.3. The van der Waals surface area contributed by atoms with Crippen molar-refractivity contribution in [3.8, 4) is 11.5 Å². The van der Waals surface area contributed by atoms with Gasteiger partial charge in [0.15, 0.2) is 11.5 Å². The molecule has 34 heavy (non-hydrogen) atoms. The molecule has 0 fully saturated rings. The molecule has 2 N–H and O–H groups in total. The molecule has 0 heterocycles. The topological polar surface area (TPSA) is 62.8 Å². The Morgan fingerprint density at radius 2 is 1.44 bits per heavy atom. The number of amides is 1. The highest BCUT2D eigenvalue weighted by Crippen LogP contribution is 2.30. The van der Waals surface area contributed by atoms with Crippen molar-refractivity contribution in [2.24, 2.45) is 0 Å². The molecule has 0 aliphatic carbocycles. The van der Waals surface area contributed by atoms with Crippen LogP contribution in [0.15, 0.2) is 72.8 Å². The molecule has 0 unspecified atom stereocenters. The number of nitrogens with zero attached hydrogens (tertiary/aromatic N) is 1. The van der Waals surface area contributed by atoms with E-state index >= 15 is 0 Å². The maximum absolute atomic E-state index is 12.8. The van der Waals surface area contributed by atoms with Crippen LogP contribution in [-0.2, 0) is 0 Å². The van der Waals surface area contributed by atoms with Crippen molar-refractivity contribution in [2.75, 3.05) is 44.0 Å². The fourth-order valence-electron chi connectivity index (χ4n) is 3.72. The average molecular weight is 462 g/mol. The van der Waals surface area contributed by atoms with E-state index < -0.39 is 0 Å². The summed E-state index contributed by atoms with van der Waals surface area (Å²) >= 11 is 0. The zero-order chi connectivity index (χ0) is 24.2. The minimum Gasteiger partial charge on any atom is -0.493 e. The van der Waals surface area contributed by atoms with Crippen LogP contribution in [0.2, 0.25) is 0 Å². The van der Waals surface area contributed by atoms with Crippen LogP contribution in [0, 0.1) is 0 Å². The standard InChI is InChI=1S/C28H35N3O3/c1-4-17-31(18-5-2)19-20-34-27-21-25(15-16-26(27)33-3)30-28(32)22-11-13-24(14-12-22)29-23-9-7-6-8-10-23/h6-16,21,29H,4-5,17-20H2,1-3H3,(H,30,32). The van der Waals surface area contributed by atoms with Crippen molar-refractivity contribution in [1.82, 2.24) is 4.90 Å². The molecule has 3 rings (SSSR count). The monoisotopic (exact) mass is 461 g/mol. The number of nitrogens with one attached hydrogen (secondary N) is 2. The van der Waals surface area contributed by atoms with Gasteiger partial charge >= 0.3 is 0 Å². The molecule has 1 amide bonds. The molecule has 0 radical (unpaired) electrons. The number of benzene rings is 3. The molecule has 0 aromatic heterocycles. The van der Waals surface area contributed by atoms with Gasteiger partial charge in [-0.1, -0.05) is 32.0 Å². The molecule has 6 heteroatoms. The van der Waals surface area contributed by atoms with Gasteiger partial charge < -0.3 is 20.1 Å². The highest BCUT2D eigenvalue weighted by Gasteiger charge is 2.11. The van der Waals surface area contributed by atoms with Crippen molar-refractivity contribution >= 4 is 23.0 Å². The Bertz CT molecular complexity index is 1020. The van der Waals surface area contributed by atoms with E-state index in [1.54, 1.807) is 19.2 Å². The summed E-state index contributed by atoms with van der Waals surface area (Å²) in [5.74, 6) is 1.09. The molecular weight excluding hydrogens is 426 g/mol. The molecular formula is C28H35N3O3. The number of ether oxygens (including phenoxy) is 2. The number of methoxy groups -OCH3 is 1. The van der Waals surface area contributed by atoms with E-state index in [1.165, 1.54) is 0 Å². The fraction of sp³-hybridized carbons (Fsp3) is 0.321. The lowest BCUT2D eigenvalue weighted by Gasteiger charge is -2.21. The van der Waals surface area contributed by atoms with Gasteiger partial charge in [-0.25, -0.2) is 0 Å². The van der Waals surface area contributed by atoms with Crippen LogP contribution in [0.3, 0.4) is 0 Å². The number of hydrogen-bond acceptors (Lipinski definition) is 5. The quantitative estimate of drug-likeness (QED) is 0.318. The third kappa shape index (κ3) is 7.52. The summed E-state index contributed by atoms with van der Waals surface area (Å²) in [6.07, 6.45) is 2.24. The Balaban J connectivity index is 1.60. The molecule has 0 spiro atoms. The third-order valence-corrected chi connectivity index (χ3v) is 5.38. The van der Waals surface area contributed by atoms with Gasteiger partial charge in [-0.3, -0.25) is 9.69 Å². The first-order chi connectivity index (χ1) is 16.6. The number of carbonyl (C=O) groups is 1. The second kappa shape index (κ2) is 13.3. The van der Waals surface area contributed by atoms with Crippen LogP contribution < -0.4 is 20.1 Å². The number of anilines is 3. The highest BCUT2D eigenvalue weighted by molar-refractivity contribution is 6.04. The summed E-state index contributed by atoms with van der Waals surface area (Å²) in [5, 5.41) is 6.27. The van der Waals surface area contributed by atoms with Gasteiger partial charge in [-0.2, -0.15) is 0 Å². The van der Waals surface area contributed by atoms with E-state index in [0.717, 1.165) is 43.9 Å². The van der Waals surface area contributed by atoms with Crippen LogP contribution >= 0.6 is 0 Å². The second-order valence-electron chi connectivity index (χ2n) is 8.08. The summed E-state index contributed by atoms with van der Waals surface area (Å²) in [7, 11) is 1.62.